The number of ether oxygens (including phenoxy) is 1. The Kier molecular flexibility index (Phi) is 4.46. The summed E-state index contributed by atoms with van der Waals surface area (Å²) in [7, 11) is 0. The highest BCUT2D eigenvalue weighted by Crippen LogP contribution is 2.32. The Morgan fingerprint density at radius 3 is 2.58 bits per heavy atom. The Morgan fingerprint density at radius 2 is 1.88 bits per heavy atom. The minimum Gasteiger partial charge on any atom is -0.492 e. The molecule has 5 nitrogen and oxygen atoms in total. The van der Waals surface area contributed by atoms with Crippen molar-refractivity contribution in [2.24, 2.45) is 0 Å². The molecular weight excluding hydrogens is 311 g/mol. The highest BCUT2D eigenvalue weighted by molar-refractivity contribution is 6.23. The molecular formula is C18H17FN2O3. The van der Waals surface area contributed by atoms with Gasteiger partial charge >= 0.3 is 0 Å². The van der Waals surface area contributed by atoms with Gasteiger partial charge in [-0.15, -0.1) is 0 Å². The molecule has 0 saturated carbocycles. The second-order valence-corrected chi connectivity index (χ2v) is 5.38. The summed E-state index contributed by atoms with van der Waals surface area (Å²) in [6.07, 6.45) is 0.0384. The van der Waals surface area contributed by atoms with E-state index < -0.39 is 6.04 Å². The number of nitrogens with zero attached hydrogens (tertiary/aromatic N) is 1. The largest absolute Gasteiger partial charge is 0.492 e. The van der Waals surface area contributed by atoms with Crippen molar-refractivity contribution in [3.63, 3.8) is 0 Å². The summed E-state index contributed by atoms with van der Waals surface area (Å²) < 4.78 is 18.5. The molecule has 24 heavy (non-hydrogen) atoms. The average Bonchev–Trinajstić information content (AvgIpc) is 2.85. The van der Waals surface area contributed by atoms with Gasteiger partial charge in [-0.1, -0.05) is 12.1 Å². The number of amides is 2. The molecule has 1 heterocycles. The van der Waals surface area contributed by atoms with E-state index in [-0.39, 0.29) is 24.1 Å². The fraction of sp³-hybridized carbons (Fsp3) is 0.222. The Bertz CT molecular complexity index is 761. The van der Waals surface area contributed by atoms with E-state index in [1.807, 2.05) is 6.92 Å². The molecule has 1 aliphatic rings. The van der Waals surface area contributed by atoms with E-state index in [0.717, 1.165) is 4.90 Å². The van der Waals surface area contributed by atoms with E-state index in [4.69, 9.17) is 4.74 Å². The Morgan fingerprint density at radius 1 is 1.17 bits per heavy atom. The number of nitrogens with one attached hydrogen (secondary N) is 1. The maximum Gasteiger partial charge on any atom is 0.256 e. The summed E-state index contributed by atoms with van der Waals surface area (Å²) >= 11 is 0. The second-order valence-electron chi connectivity index (χ2n) is 5.38. The Hall–Kier alpha value is -2.89. The van der Waals surface area contributed by atoms with Crippen LogP contribution < -0.4 is 15.0 Å². The van der Waals surface area contributed by atoms with Gasteiger partial charge in [0.1, 0.15) is 17.6 Å². The van der Waals surface area contributed by atoms with Gasteiger partial charge in [0, 0.05) is 5.69 Å². The van der Waals surface area contributed by atoms with Crippen LogP contribution in [0.15, 0.2) is 48.5 Å². The van der Waals surface area contributed by atoms with Gasteiger partial charge < -0.3 is 10.1 Å². The van der Waals surface area contributed by atoms with Gasteiger partial charge in [0.25, 0.3) is 5.91 Å². The summed E-state index contributed by atoms with van der Waals surface area (Å²) in [5.41, 5.74) is 1.03. The van der Waals surface area contributed by atoms with Crippen LogP contribution >= 0.6 is 0 Å². The molecule has 0 spiro atoms. The van der Waals surface area contributed by atoms with Crippen molar-refractivity contribution < 1.29 is 18.7 Å². The smallest absolute Gasteiger partial charge is 0.256 e. The molecule has 0 radical (unpaired) electrons. The maximum absolute atomic E-state index is 13.0. The highest BCUT2D eigenvalue weighted by Gasteiger charge is 2.40. The number of hydrogen-bond donors (Lipinski definition) is 1. The first kappa shape index (κ1) is 16.0. The molecule has 1 fully saturated rings. The first-order chi connectivity index (χ1) is 11.6. The molecule has 1 atom stereocenters. The summed E-state index contributed by atoms with van der Waals surface area (Å²) in [4.78, 5) is 26.1. The van der Waals surface area contributed by atoms with Crippen LogP contribution in [-0.2, 0) is 9.59 Å². The summed E-state index contributed by atoms with van der Waals surface area (Å²) in [5, 5.41) is 2.98. The molecule has 1 aliphatic heterocycles. The zero-order valence-corrected chi connectivity index (χ0v) is 13.2. The third-order valence-corrected chi connectivity index (χ3v) is 3.74. The Labute approximate surface area is 139 Å². The molecule has 3 rings (SSSR count). The molecule has 2 aromatic rings. The minimum absolute atomic E-state index is 0.0384. The van der Waals surface area contributed by atoms with Crippen molar-refractivity contribution >= 4 is 23.2 Å². The van der Waals surface area contributed by atoms with E-state index in [1.54, 1.807) is 24.3 Å². The topological polar surface area (TPSA) is 58.6 Å². The summed E-state index contributed by atoms with van der Waals surface area (Å²) in [5.74, 6) is -0.519. The van der Waals surface area contributed by atoms with Crippen molar-refractivity contribution in [2.45, 2.75) is 19.4 Å². The van der Waals surface area contributed by atoms with Gasteiger partial charge in [-0.2, -0.15) is 0 Å². The van der Waals surface area contributed by atoms with Crippen molar-refractivity contribution in [2.75, 3.05) is 16.8 Å². The van der Waals surface area contributed by atoms with E-state index in [2.05, 4.69) is 5.32 Å². The van der Waals surface area contributed by atoms with Gasteiger partial charge in [-0.05, 0) is 43.3 Å². The monoisotopic (exact) mass is 328 g/mol. The zero-order chi connectivity index (χ0) is 17.1. The van der Waals surface area contributed by atoms with E-state index in [9.17, 15) is 14.0 Å². The Balaban J connectivity index is 1.83. The third kappa shape index (κ3) is 3.08. The number of halogens is 1. The predicted molar refractivity (Wildman–Crippen MR) is 88.5 cm³/mol. The van der Waals surface area contributed by atoms with Crippen molar-refractivity contribution in [3.8, 4) is 5.75 Å². The molecule has 2 amide bonds. The predicted octanol–water partition coefficient (Wildman–Crippen LogP) is 2.97. The van der Waals surface area contributed by atoms with Crippen LogP contribution in [0.3, 0.4) is 0 Å². The molecule has 6 heteroatoms. The van der Waals surface area contributed by atoms with Crippen LogP contribution in [0.1, 0.15) is 13.3 Å². The van der Waals surface area contributed by atoms with Crippen LogP contribution in [0.5, 0.6) is 5.75 Å². The van der Waals surface area contributed by atoms with E-state index in [1.165, 1.54) is 24.3 Å². The number of hydrogen-bond acceptors (Lipinski definition) is 4. The number of rotatable bonds is 5. The van der Waals surface area contributed by atoms with Crippen LogP contribution in [-0.4, -0.2) is 24.5 Å². The number of imide groups is 1. The van der Waals surface area contributed by atoms with Gasteiger partial charge in [0.05, 0.1) is 18.7 Å². The first-order valence-electron chi connectivity index (χ1n) is 7.71. The zero-order valence-electron chi connectivity index (χ0n) is 13.2. The molecule has 0 aliphatic carbocycles. The quantitative estimate of drug-likeness (QED) is 0.857. The molecule has 124 valence electrons. The molecule has 0 aromatic heterocycles. The van der Waals surface area contributed by atoms with Crippen molar-refractivity contribution in [1.82, 2.24) is 0 Å². The third-order valence-electron chi connectivity index (χ3n) is 3.74. The van der Waals surface area contributed by atoms with Gasteiger partial charge in [0.2, 0.25) is 5.91 Å². The number of carbonyl (C=O) groups is 2. The lowest BCUT2D eigenvalue weighted by Gasteiger charge is -2.19. The molecule has 1 N–H and O–H groups in total. The number of anilines is 2. The average molecular weight is 328 g/mol. The van der Waals surface area contributed by atoms with E-state index >= 15 is 0 Å². The molecule has 1 saturated heterocycles. The molecule has 2 aromatic carbocycles. The minimum atomic E-state index is -0.683. The van der Waals surface area contributed by atoms with Crippen LogP contribution in [0.2, 0.25) is 0 Å². The standard InChI is InChI=1S/C18H17FN2O3/c1-2-24-16-6-4-3-5-15(16)21-17(22)11-14(18(21)23)20-13-9-7-12(19)8-10-13/h3-10,14,20H,2,11H2,1H3/t14-/m1/s1. The van der Waals surface area contributed by atoms with Crippen molar-refractivity contribution in [1.29, 1.82) is 0 Å². The van der Waals surface area contributed by atoms with Gasteiger partial charge in [-0.3, -0.25) is 9.59 Å². The van der Waals surface area contributed by atoms with E-state index in [0.29, 0.717) is 23.7 Å². The number of para-hydroxylation sites is 2. The highest BCUT2D eigenvalue weighted by atomic mass is 19.1. The summed E-state index contributed by atoms with van der Waals surface area (Å²) in [6.45, 7) is 2.27. The molecule has 0 bridgehead atoms. The van der Waals surface area contributed by atoms with Gasteiger partial charge in [-0.25, -0.2) is 9.29 Å². The first-order valence-corrected chi connectivity index (χ1v) is 7.71. The second kappa shape index (κ2) is 6.70. The van der Waals surface area contributed by atoms with Gasteiger partial charge in [0.15, 0.2) is 0 Å². The summed E-state index contributed by atoms with van der Waals surface area (Å²) in [6, 6.07) is 11.9. The lowest BCUT2D eigenvalue weighted by Crippen LogP contribution is -2.35. The number of benzene rings is 2. The fourth-order valence-corrected chi connectivity index (χ4v) is 2.66. The number of carbonyl (C=O) groups excluding carboxylic acids is 2. The normalized spacial score (nSPS) is 17.2. The fourth-order valence-electron chi connectivity index (χ4n) is 2.66. The van der Waals surface area contributed by atoms with Crippen LogP contribution in [0.25, 0.3) is 0 Å². The van der Waals surface area contributed by atoms with Crippen molar-refractivity contribution in [3.05, 3.63) is 54.3 Å². The molecule has 0 unspecified atom stereocenters. The van der Waals surface area contributed by atoms with Crippen LogP contribution in [0, 0.1) is 5.82 Å². The maximum atomic E-state index is 13.0. The lowest BCUT2D eigenvalue weighted by atomic mass is 10.2. The van der Waals surface area contributed by atoms with Crippen LogP contribution in [0.4, 0.5) is 15.8 Å². The lowest BCUT2D eigenvalue weighted by molar-refractivity contribution is -0.121. The SMILES string of the molecule is CCOc1ccccc1N1C(=O)C[C@@H](Nc2ccc(F)cc2)C1=O.